The first-order chi connectivity index (χ1) is 8.48. The van der Waals surface area contributed by atoms with Crippen LogP contribution < -0.4 is 0 Å². The van der Waals surface area contributed by atoms with Crippen LogP contribution in [0.1, 0.15) is 46.5 Å². The minimum atomic E-state index is -0.000415. The quantitative estimate of drug-likeness (QED) is 0.768. The molecule has 2 heterocycles. The fourth-order valence-electron chi connectivity index (χ4n) is 3.25. The highest BCUT2D eigenvalue weighted by atomic mass is 16.5. The molecule has 3 aliphatic rings. The Hall–Kier alpha value is -0.120. The molecule has 2 unspecified atom stereocenters. The lowest BCUT2D eigenvalue weighted by Crippen LogP contribution is -2.49. The Balaban J connectivity index is 1.56. The Labute approximate surface area is 111 Å². The molecule has 0 aromatic carbocycles. The van der Waals surface area contributed by atoms with Crippen molar-refractivity contribution in [3.8, 4) is 0 Å². The predicted octanol–water partition coefficient (Wildman–Crippen LogP) is 2.44. The summed E-state index contributed by atoms with van der Waals surface area (Å²) in [5.74, 6) is 0. The summed E-state index contributed by atoms with van der Waals surface area (Å²) in [4.78, 5) is 2.72. The van der Waals surface area contributed by atoms with Crippen LogP contribution in [0.2, 0.25) is 0 Å². The maximum absolute atomic E-state index is 6.03. The number of hydrogen-bond acceptors (Lipinski definition) is 3. The molecule has 0 N–H and O–H groups in total. The summed E-state index contributed by atoms with van der Waals surface area (Å²) >= 11 is 0. The Bertz CT molecular complexity index is 290. The Kier molecular flexibility index (Phi) is 3.20. The van der Waals surface area contributed by atoms with E-state index in [1.807, 2.05) is 0 Å². The van der Waals surface area contributed by atoms with Gasteiger partial charge in [-0.25, -0.2) is 0 Å². The molecule has 1 aliphatic carbocycles. The molecule has 0 aromatic heterocycles. The molecule has 104 valence electrons. The number of ether oxygens (including phenoxy) is 2. The van der Waals surface area contributed by atoms with Crippen LogP contribution in [-0.2, 0) is 9.47 Å². The van der Waals surface area contributed by atoms with Crippen LogP contribution in [0, 0.1) is 5.41 Å². The van der Waals surface area contributed by atoms with Crippen molar-refractivity contribution >= 4 is 0 Å². The zero-order valence-corrected chi connectivity index (χ0v) is 12.1. The van der Waals surface area contributed by atoms with Crippen molar-refractivity contribution in [1.29, 1.82) is 0 Å². The van der Waals surface area contributed by atoms with Gasteiger partial charge in [-0.3, -0.25) is 4.90 Å². The number of nitrogens with zero attached hydrogens (tertiary/aromatic N) is 1. The van der Waals surface area contributed by atoms with Gasteiger partial charge in [-0.15, -0.1) is 0 Å². The van der Waals surface area contributed by atoms with Crippen molar-refractivity contribution in [2.75, 3.05) is 26.4 Å². The molecule has 2 saturated heterocycles. The highest BCUT2D eigenvalue weighted by molar-refractivity contribution is 5.01. The van der Waals surface area contributed by atoms with Gasteiger partial charge in [-0.05, 0) is 46.5 Å². The first-order valence-electron chi connectivity index (χ1n) is 7.45. The summed E-state index contributed by atoms with van der Waals surface area (Å²) in [7, 11) is 0. The van der Waals surface area contributed by atoms with Gasteiger partial charge in [-0.1, -0.05) is 0 Å². The fourth-order valence-corrected chi connectivity index (χ4v) is 3.25. The summed E-state index contributed by atoms with van der Waals surface area (Å²) in [5, 5.41) is 0. The molecule has 3 rings (SSSR count). The summed E-state index contributed by atoms with van der Waals surface area (Å²) in [6.45, 7) is 10.5. The van der Waals surface area contributed by atoms with Crippen LogP contribution in [0.3, 0.4) is 0 Å². The SMILES string of the molecule is CC(C)(C)OCC1(CN2C3CCC2COC3)CC1. The standard InChI is InChI=1S/C15H27NO2/c1-14(2,3)18-11-15(6-7-15)10-16-12-4-5-13(16)9-17-8-12/h12-13H,4-11H2,1-3H3. The molecule has 18 heavy (non-hydrogen) atoms. The van der Waals surface area contributed by atoms with E-state index in [0.29, 0.717) is 17.5 Å². The van der Waals surface area contributed by atoms with E-state index >= 15 is 0 Å². The fraction of sp³-hybridized carbons (Fsp3) is 1.00. The average Bonchev–Trinajstić information content (AvgIpc) is 3.01. The van der Waals surface area contributed by atoms with Crippen LogP contribution in [-0.4, -0.2) is 49.0 Å². The van der Waals surface area contributed by atoms with Crippen molar-refractivity contribution in [3.05, 3.63) is 0 Å². The van der Waals surface area contributed by atoms with Gasteiger partial charge in [0.25, 0.3) is 0 Å². The highest BCUT2D eigenvalue weighted by Crippen LogP contribution is 2.49. The van der Waals surface area contributed by atoms with Gasteiger partial charge in [0, 0.05) is 24.0 Å². The topological polar surface area (TPSA) is 21.7 Å². The van der Waals surface area contributed by atoms with Gasteiger partial charge in [0.15, 0.2) is 0 Å². The summed E-state index contributed by atoms with van der Waals surface area (Å²) in [6, 6.07) is 1.38. The maximum Gasteiger partial charge on any atom is 0.0622 e. The number of rotatable bonds is 4. The van der Waals surface area contributed by atoms with Crippen LogP contribution in [0.15, 0.2) is 0 Å². The van der Waals surface area contributed by atoms with Crippen molar-refractivity contribution in [2.45, 2.75) is 64.1 Å². The van der Waals surface area contributed by atoms with Crippen LogP contribution in [0.5, 0.6) is 0 Å². The lowest BCUT2D eigenvalue weighted by molar-refractivity contribution is -0.0575. The second kappa shape index (κ2) is 4.46. The first kappa shape index (κ1) is 12.9. The van der Waals surface area contributed by atoms with E-state index in [1.54, 1.807) is 0 Å². The zero-order valence-electron chi connectivity index (χ0n) is 12.1. The first-order valence-corrected chi connectivity index (χ1v) is 7.45. The molecule has 1 saturated carbocycles. The van der Waals surface area contributed by atoms with E-state index in [4.69, 9.17) is 9.47 Å². The van der Waals surface area contributed by atoms with E-state index in [0.717, 1.165) is 19.8 Å². The summed E-state index contributed by atoms with van der Waals surface area (Å²) < 4.78 is 11.7. The molecule has 0 amide bonds. The van der Waals surface area contributed by atoms with Crippen molar-refractivity contribution in [2.24, 2.45) is 5.41 Å². The smallest absolute Gasteiger partial charge is 0.0622 e. The molecule has 3 nitrogen and oxygen atoms in total. The van der Waals surface area contributed by atoms with Crippen molar-refractivity contribution < 1.29 is 9.47 Å². The molecule has 0 spiro atoms. The molecule has 2 bridgehead atoms. The normalized spacial score (nSPS) is 34.8. The van der Waals surface area contributed by atoms with E-state index < -0.39 is 0 Å². The van der Waals surface area contributed by atoms with Crippen molar-refractivity contribution in [1.82, 2.24) is 4.90 Å². The molecule has 3 fully saturated rings. The highest BCUT2D eigenvalue weighted by Gasteiger charge is 2.49. The zero-order chi connectivity index (χ0) is 12.8. The average molecular weight is 253 g/mol. The molecular formula is C15H27NO2. The number of morpholine rings is 1. The van der Waals surface area contributed by atoms with E-state index in [2.05, 4.69) is 25.7 Å². The summed E-state index contributed by atoms with van der Waals surface area (Å²) in [5.41, 5.74) is 0.463. The number of hydrogen-bond donors (Lipinski definition) is 0. The van der Waals surface area contributed by atoms with Gasteiger partial charge >= 0.3 is 0 Å². The molecule has 0 radical (unpaired) electrons. The van der Waals surface area contributed by atoms with Gasteiger partial charge in [-0.2, -0.15) is 0 Å². The largest absolute Gasteiger partial charge is 0.378 e. The van der Waals surface area contributed by atoms with Gasteiger partial charge in [0.1, 0.15) is 0 Å². The van der Waals surface area contributed by atoms with Crippen LogP contribution in [0.4, 0.5) is 0 Å². The monoisotopic (exact) mass is 253 g/mol. The minimum absolute atomic E-state index is 0.000415. The lowest BCUT2D eigenvalue weighted by atomic mass is 10.1. The second-order valence-electron chi connectivity index (χ2n) is 7.50. The molecule has 2 aliphatic heterocycles. The van der Waals surface area contributed by atoms with Crippen LogP contribution in [0.25, 0.3) is 0 Å². The van der Waals surface area contributed by atoms with Gasteiger partial charge in [0.2, 0.25) is 0 Å². The molecule has 3 heteroatoms. The molecule has 2 atom stereocenters. The molecule has 0 aromatic rings. The minimum Gasteiger partial charge on any atom is -0.378 e. The van der Waals surface area contributed by atoms with Gasteiger partial charge < -0.3 is 9.47 Å². The van der Waals surface area contributed by atoms with Gasteiger partial charge in [0.05, 0.1) is 25.4 Å². The third-order valence-electron chi connectivity index (χ3n) is 4.68. The third-order valence-corrected chi connectivity index (χ3v) is 4.68. The Morgan fingerprint density at radius 1 is 1.17 bits per heavy atom. The maximum atomic E-state index is 6.03. The third kappa shape index (κ3) is 2.73. The molecular weight excluding hydrogens is 226 g/mol. The van der Waals surface area contributed by atoms with Crippen molar-refractivity contribution in [3.63, 3.8) is 0 Å². The predicted molar refractivity (Wildman–Crippen MR) is 71.7 cm³/mol. The van der Waals surface area contributed by atoms with E-state index in [1.165, 1.54) is 32.2 Å². The Morgan fingerprint density at radius 3 is 2.28 bits per heavy atom. The van der Waals surface area contributed by atoms with E-state index in [9.17, 15) is 0 Å². The van der Waals surface area contributed by atoms with Crippen LogP contribution >= 0.6 is 0 Å². The second-order valence-corrected chi connectivity index (χ2v) is 7.50. The lowest BCUT2D eigenvalue weighted by Gasteiger charge is -2.37. The Morgan fingerprint density at radius 2 is 1.78 bits per heavy atom. The number of fused-ring (bicyclic) bond motifs is 2. The summed E-state index contributed by atoms with van der Waals surface area (Å²) in [6.07, 6.45) is 5.36. The van der Waals surface area contributed by atoms with E-state index in [-0.39, 0.29) is 5.60 Å².